The molecule has 8 nitrogen and oxygen atoms in total. The molecule has 0 unspecified atom stereocenters. The number of rotatable bonds is 11. The number of ether oxygens (including phenoxy) is 2. The molecule has 0 bridgehead atoms. The zero-order valence-electron chi connectivity index (χ0n) is 20.2. The van der Waals surface area contributed by atoms with Gasteiger partial charge in [0.15, 0.2) is 0 Å². The van der Waals surface area contributed by atoms with Crippen LogP contribution in [0.4, 0.5) is 5.69 Å². The number of hydrogen-bond acceptors (Lipinski definition) is 6. The van der Waals surface area contributed by atoms with Crippen molar-refractivity contribution < 1.29 is 22.7 Å². The summed E-state index contributed by atoms with van der Waals surface area (Å²) in [4.78, 5) is 15.4. The second-order valence-electron chi connectivity index (χ2n) is 8.59. The van der Waals surface area contributed by atoms with Gasteiger partial charge in [-0.2, -0.15) is 0 Å². The van der Waals surface area contributed by atoms with Gasteiger partial charge in [0.05, 0.1) is 24.8 Å². The third-order valence-electron chi connectivity index (χ3n) is 6.12. The molecule has 0 aliphatic carbocycles. The van der Waals surface area contributed by atoms with Crippen LogP contribution in [0.3, 0.4) is 0 Å². The van der Waals surface area contributed by atoms with E-state index in [0.29, 0.717) is 18.0 Å². The molecule has 1 saturated heterocycles. The number of amides is 1. The molecule has 0 aromatic heterocycles. The average molecular weight is 490 g/mol. The molecule has 34 heavy (non-hydrogen) atoms. The molecule has 2 aromatic carbocycles. The van der Waals surface area contributed by atoms with Gasteiger partial charge in [-0.05, 0) is 69.1 Å². The Morgan fingerprint density at radius 3 is 2.44 bits per heavy atom. The summed E-state index contributed by atoms with van der Waals surface area (Å²) in [6.07, 6.45) is 3.23. The van der Waals surface area contributed by atoms with Crippen LogP contribution in [0.25, 0.3) is 0 Å². The first-order valence-corrected chi connectivity index (χ1v) is 13.1. The number of benzene rings is 2. The van der Waals surface area contributed by atoms with Crippen molar-refractivity contribution in [1.82, 2.24) is 10.2 Å². The van der Waals surface area contributed by atoms with Gasteiger partial charge < -0.3 is 19.7 Å². The van der Waals surface area contributed by atoms with Gasteiger partial charge >= 0.3 is 0 Å². The van der Waals surface area contributed by atoms with Crippen molar-refractivity contribution >= 4 is 21.6 Å². The average Bonchev–Trinajstić information content (AvgIpc) is 2.86. The van der Waals surface area contributed by atoms with Gasteiger partial charge in [-0.25, -0.2) is 8.42 Å². The number of nitrogens with zero attached hydrogens (tertiary/aromatic N) is 2. The number of carbonyl (C=O) groups excluding carboxylic acids is 1. The van der Waals surface area contributed by atoms with Crippen molar-refractivity contribution in [2.45, 2.75) is 31.1 Å². The number of piperidine rings is 1. The summed E-state index contributed by atoms with van der Waals surface area (Å²) in [7, 11) is -1.08. The molecular formula is C25H35N3O5S. The number of sulfonamides is 1. The molecule has 186 valence electrons. The van der Waals surface area contributed by atoms with Crippen molar-refractivity contribution in [3.05, 3.63) is 48.5 Å². The molecule has 3 rings (SSSR count). The Morgan fingerprint density at radius 1 is 1.09 bits per heavy atom. The molecule has 2 aromatic rings. The highest BCUT2D eigenvalue weighted by Gasteiger charge is 2.29. The van der Waals surface area contributed by atoms with E-state index < -0.39 is 10.0 Å². The van der Waals surface area contributed by atoms with Crippen LogP contribution >= 0.6 is 0 Å². The van der Waals surface area contributed by atoms with Crippen LogP contribution in [0.2, 0.25) is 0 Å². The van der Waals surface area contributed by atoms with Gasteiger partial charge in [-0.15, -0.1) is 0 Å². The van der Waals surface area contributed by atoms with E-state index in [-0.39, 0.29) is 23.0 Å². The van der Waals surface area contributed by atoms with Crippen LogP contribution in [0.15, 0.2) is 53.4 Å². The van der Waals surface area contributed by atoms with E-state index in [1.807, 2.05) is 0 Å². The summed E-state index contributed by atoms with van der Waals surface area (Å²) < 4.78 is 38.9. The number of anilines is 1. The fourth-order valence-corrected chi connectivity index (χ4v) is 5.46. The van der Waals surface area contributed by atoms with Gasteiger partial charge in [0.2, 0.25) is 5.91 Å². The van der Waals surface area contributed by atoms with Crippen LogP contribution in [0, 0.1) is 5.92 Å². The monoisotopic (exact) mass is 489 g/mol. The van der Waals surface area contributed by atoms with E-state index in [2.05, 4.69) is 17.1 Å². The Bertz CT molecular complexity index is 1040. The second kappa shape index (κ2) is 12.1. The predicted molar refractivity (Wildman–Crippen MR) is 133 cm³/mol. The fourth-order valence-electron chi connectivity index (χ4n) is 4.01. The van der Waals surface area contributed by atoms with Crippen LogP contribution < -0.4 is 19.1 Å². The SMILES string of the molecule is COc1ccc(OC)c(N(CC(=O)NCCCN2CCC(C)CC2)S(=O)(=O)c2ccccc2)c1. The van der Waals surface area contributed by atoms with Crippen LogP contribution in [-0.4, -0.2) is 66.2 Å². The quantitative estimate of drug-likeness (QED) is 0.488. The zero-order chi connectivity index (χ0) is 24.6. The number of hydrogen-bond donors (Lipinski definition) is 1. The third kappa shape index (κ3) is 6.64. The molecular weight excluding hydrogens is 454 g/mol. The van der Waals surface area contributed by atoms with E-state index in [1.165, 1.54) is 39.2 Å². The Balaban J connectivity index is 1.74. The minimum atomic E-state index is -4.03. The van der Waals surface area contributed by atoms with Crippen molar-refractivity contribution in [2.24, 2.45) is 5.92 Å². The van der Waals surface area contributed by atoms with Crippen LogP contribution in [-0.2, 0) is 14.8 Å². The highest BCUT2D eigenvalue weighted by Crippen LogP contribution is 2.35. The smallest absolute Gasteiger partial charge is 0.264 e. The van der Waals surface area contributed by atoms with Gasteiger partial charge in [0.1, 0.15) is 18.0 Å². The summed E-state index contributed by atoms with van der Waals surface area (Å²) in [6.45, 7) is 5.50. The van der Waals surface area contributed by atoms with Crippen LogP contribution in [0.1, 0.15) is 26.2 Å². The molecule has 1 heterocycles. The lowest BCUT2D eigenvalue weighted by atomic mass is 9.99. The maximum Gasteiger partial charge on any atom is 0.264 e. The lowest BCUT2D eigenvalue weighted by Gasteiger charge is -2.30. The standard InChI is InChI=1S/C25H35N3O5S/c1-20-12-16-27(17-13-20)15-7-14-26-25(29)19-28(34(30,31)22-8-5-4-6-9-22)23-18-21(32-2)10-11-24(23)33-3/h4-6,8-11,18,20H,7,12-17,19H2,1-3H3,(H,26,29). The van der Waals surface area contributed by atoms with Crippen molar-refractivity contribution in [3.63, 3.8) is 0 Å². The van der Waals surface area contributed by atoms with Crippen molar-refractivity contribution in [1.29, 1.82) is 0 Å². The topological polar surface area (TPSA) is 88.2 Å². The Hall–Kier alpha value is -2.78. The lowest BCUT2D eigenvalue weighted by molar-refractivity contribution is -0.119. The largest absolute Gasteiger partial charge is 0.497 e. The normalized spacial score (nSPS) is 15.0. The third-order valence-corrected chi connectivity index (χ3v) is 7.90. The number of likely N-dealkylation sites (tertiary alicyclic amines) is 1. The molecule has 1 amide bonds. The van der Waals surface area contributed by atoms with Crippen molar-refractivity contribution in [2.75, 3.05) is 51.2 Å². The predicted octanol–water partition coefficient (Wildman–Crippen LogP) is 3.14. The van der Waals surface area contributed by atoms with E-state index >= 15 is 0 Å². The van der Waals surface area contributed by atoms with E-state index in [0.717, 1.165) is 36.3 Å². The summed E-state index contributed by atoms with van der Waals surface area (Å²) in [5, 5.41) is 2.88. The Labute approximate surface area is 202 Å². The molecule has 1 aliphatic rings. The second-order valence-corrected chi connectivity index (χ2v) is 10.5. The van der Waals surface area contributed by atoms with Gasteiger partial charge in [0, 0.05) is 12.6 Å². The first-order chi connectivity index (χ1) is 16.3. The van der Waals surface area contributed by atoms with E-state index in [9.17, 15) is 13.2 Å². The summed E-state index contributed by atoms with van der Waals surface area (Å²) in [5.41, 5.74) is 0.239. The molecule has 0 saturated carbocycles. The molecule has 0 spiro atoms. The maximum atomic E-state index is 13.5. The highest BCUT2D eigenvalue weighted by atomic mass is 32.2. The minimum Gasteiger partial charge on any atom is -0.497 e. The lowest BCUT2D eigenvalue weighted by Crippen LogP contribution is -2.42. The molecule has 0 atom stereocenters. The van der Waals surface area contributed by atoms with Gasteiger partial charge in [-0.1, -0.05) is 25.1 Å². The number of nitrogens with one attached hydrogen (secondary N) is 1. The first kappa shape index (κ1) is 25.8. The van der Waals surface area contributed by atoms with E-state index in [1.54, 1.807) is 36.4 Å². The first-order valence-electron chi connectivity index (χ1n) is 11.6. The highest BCUT2D eigenvalue weighted by molar-refractivity contribution is 7.92. The summed E-state index contributed by atoms with van der Waals surface area (Å²) in [5.74, 6) is 1.19. The molecule has 0 radical (unpaired) electrons. The van der Waals surface area contributed by atoms with Crippen molar-refractivity contribution in [3.8, 4) is 11.5 Å². The molecule has 1 N–H and O–H groups in total. The Kier molecular flexibility index (Phi) is 9.18. The summed E-state index contributed by atoms with van der Waals surface area (Å²) >= 11 is 0. The zero-order valence-corrected chi connectivity index (χ0v) is 21.0. The summed E-state index contributed by atoms with van der Waals surface area (Å²) in [6, 6.07) is 12.9. The minimum absolute atomic E-state index is 0.0898. The van der Waals surface area contributed by atoms with Crippen LogP contribution in [0.5, 0.6) is 11.5 Å². The number of methoxy groups -OCH3 is 2. The molecule has 1 aliphatic heterocycles. The number of carbonyl (C=O) groups is 1. The maximum absolute atomic E-state index is 13.5. The fraction of sp³-hybridized carbons (Fsp3) is 0.480. The van der Waals surface area contributed by atoms with Gasteiger partial charge in [-0.3, -0.25) is 9.10 Å². The van der Waals surface area contributed by atoms with E-state index in [4.69, 9.17) is 9.47 Å². The molecule has 9 heteroatoms. The Morgan fingerprint density at radius 2 is 1.79 bits per heavy atom. The molecule has 1 fully saturated rings. The van der Waals surface area contributed by atoms with Gasteiger partial charge in [0.25, 0.3) is 10.0 Å².